The van der Waals surface area contributed by atoms with Gasteiger partial charge in [-0.25, -0.2) is 0 Å². The van der Waals surface area contributed by atoms with Crippen LogP contribution in [0.4, 0.5) is 0 Å². The molecule has 19 heteroatoms. The second-order valence-corrected chi connectivity index (χ2v) is 18.2. The van der Waals surface area contributed by atoms with Crippen molar-refractivity contribution in [2.45, 2.75) is 208 Å². The molecular formula is C54H87NO18. The molecular weight excluding hydrogens is 951 g/mol. The van der Waals surface area contributed by atoms with E-state index in [-0.39, 0.29) is 18.9 Å². The molecule has 73 heavy (non-hydrogen) atoms. The minimum atomic E-state index is -1.98. The summed E-state index contributed by atoms with van der Waals surface area (Å²) in [5.41, 5.74) is 0. The summed E-state index contributed by atoms with van der Waals surface area (Å²) in [7, 11) is 0. The van der Waals surface area contributed by atoms with Crippen LogP contribution < -0.4 is 5.32 Å². The molecule has 0 aromatic carbocycles. The van der Waals surface area contributed by atoms with Crippen LogP contribution in [0.25, 0.3) is 0 Å². The lowest BCUT2D eigenvalue weighted by molar-refractivity contribution is -0.379. The predicted molar refractivity (Wildman–Crippen MR) is 272 cm³/mol. The van der Waals surface area contributed by atoms with Gasteiger partial charge >= 0.3 is 0 Å². The molecule has 0 aromatic rings. The van der Waals surface area contributed by atoms with Gasteiger partial charge in [-0.05, 0) is 70.6 Å². The molecule has 0 spiro atoms. The van der Waals surface area contributed by atoms with Crippen molar-refractivity contribution in [3.05, 3.63) is 97.2 Å². The van der Waals surface area contributed by atoms with Crippen LogP contribution in [0.2, 0.25) is 0 Å². The number of allylic oxidation sites excluding steroid dienone is 15. The van der Waals surface area contributed by atoms with E-state index >= 15 is 0 Å². The second-order valence-electron chi connectivity index (χ2n) is 18.2. The quantitative estimate of drug-likeness (QED) is 0.0325. The molecule has 1 amide bonds. The Balaban J connectivity index is 1.41. The molecule has 0 aromatic heterocycles. The van der Waals surface area contributed by atoms with Crippen molar-refractivity contribution in [3.63, 3.8) is 0 Å². The molecule has 416 valence electrons. The Morgan fingerprint density at radius 2 is 0.945 bits per heavy atom. The molecule has 3 rings (SSSR count). The lowest BCUT2D eigenvalue weighted by Gasteiger charge is -2.48. The smallest absolute Gasteiger partial charge is 0.220 e. The lowest BCUT2D eigenvalue weighted by Crippen LogP contribution is -2.66. The van der Waals surface area contributed by atoms with Gasteiger partial charge in [0.2, 0.25) is 5.91 Å². The zero-order valence-corrected chi connectivity index (χ0v) is 42.6. The maximum absolute atomic E-state index is 13.1. The summed E-state index contributed by atoms with van der Waals surface area (Å²) < 4.78 is 33.8. The molecule has 17 atom stereocenters. The molecule has 0 aliphatic carbocycles. The Bertz CT molecular complexity index is 1720. The average molecular weight is 1040 g/mol. The van der Waals surface area contributed by atoms with E-state index in [9.17, 15) is 61.0 Å². The van der Waals surface area contributed by atoms with Gasteiger partial charge in [0.05, 0.1) is 38.6 Å². The largest absolute Gasteiger partial charge is 0.394 e. The SMILES string of the molecule is CC/C=C\C/C=C\C/C=C\C/C=C\C/C=C\C/C=C\C/C=C\CCCCCC(=O)NC(COC1OC(CO)C(OC2OC(CO)C(OC3OC(CO)C(O)C(O)C3O)C(O)C2O)C(O)C1O)C(O)/C=C/CCC. The lowest BCUT2D eigenvalue weighted by atomic mass is 9.96. The molecule has 12 N–H and O–H groups in total. The van der Waals surface area contributed by atoms with Crippen molar-refractivity contribution in [1.82, 2.24) is 5.32 Å². The minimum absolute atomic E-state index is 0.193. The van der Waals surface area contributed by atoms with Crippen molar-refractivity contribution in [3.8, 4) is 0 Å². The normalized spacial score (nSPS) is 32.5. The number of hydrogen-bond donors (Lipinski definition) is 12. The fourth-order valence-electron chi connectivity index (χ4n) is 8.06. The first-order chi connectivity index (χ1) is 35.3. The van der Waals surface area contributed by atoms with Crippen molar-refractivity contribution >= 4 is 5.91 Å². The van der Waals surface area contributed by atoms with Gasteiger partial charge in [-0.15, -0.1) is 0 Å². The number of aliphatic hydroxyl groups excluding tert-OH is 11. The Kier molecular flexibility index (Phi) is 32.8. The van der Waals surface area contributed by atoms with Crippen molar-refractivity contribution < 1.29 is 89.4 Å². The Hall–Kier alpha value is -3.29. The number of carbonyl (C=O) groups excluding carboxylic acids is 1. The van der Waals surface area contributed by atoms with Crippen LogP contribution in [0.15, 0.2) is 97.2 Å². The van der Waals surface area contributed by atoms with Crippen molar-refractivity contribution in [1.29, 1.82) is 0 Å². The average Bonchev–Trinajstić information content (AvgIpc) is 3.38. The fourth-order valence-corrected chi connectivity index (χ4v) is 8.06. The van der Waals surface area contributed by atoms with Gasteiger partial charge in [-0.3, -0.25) is 4.79 Å². The summed E-state index contributed by atoms with van der Waals surface area (Å²) in [5, 5.41) is 119. The predicted octanol–water partition coefficient (Wildman–Crippen LogP) is 2.25. The Morgan fingerprint density at radius 3 is 1.42 bits per heavy atom. The van der Waals surface area contributed by atoms with E-state index in [4.69, 9.17) is 28.4 Å². The van der Waals surface area contributed by atoms with Gasteiger partial charge in [0.15, 0.2) is 18.9 Å². The zero-order valence-electron chi connectivity index (χ0n) is 42.6. The monoisotopic (exact) mass is 1040 g/mol. The highest BCUT2D eigenvalue weighted by atomic mass is 16.8. The number of carbonyl (C=O) groups is 1. The number of amides is 1. The third-order valence-electron chi connectivity index (χ3n) is 12.4. The highest BCUT2D eigenvalue weighted by Crippen LogP contribution is 2.33. The van der Waals surface area contributed by atoms with E-state index < -0.39 is 124 Å². The summed E-state index contributed by atoms with van der Waals surface area (Å²) in [6, 6.07) is -0.993. The van der Waals surface area contributed by atoms with E-state index in [2.05, 4.69) is 97.3 Å². The van der Waals surface area contributed by atoms with Gasteiger partial charge in [0.25, 0.3) is 0 Å². The van der Waals surface area contributed by atoms with Gasteiger partial charge in [-0.1, -0.05) is 124 Å². The van der Waals surface area contributed by atoms with Gasteiger partial charge in [0, 0.05) is 6.42 Å². The molecule has 0 saturated carbocycles. The summed E-state index contributed by atoms with van der Waals surface area (Å²) in [5.74, 6) is -0.327. The van der Waals surface area contributed by atoms with Crippen LogP contribution in [-0.2, 0) is 33.2 Å². The highest BCUT2D eigenvalue weighted by molar-refractivity contribution is 5.76. The van der Waals surface area contributed by atoms with Gasteiger partial charge < -0.3 is 89.9 Å². The van der Waals surface area contributed by atoms with Crippen molar-refractivity contribution in [2.24, 2.45) is 0 Å². The summed E-state index contributed by atoms with van der Waals surface area (Å²) in [4.78, 5) is 13.1. The Morgan fingerprint density at radius 1 is 0.507 bits per heavy atom. The first-order valence-electron chi connectivity index (χ1n) is 26.0. The minimum Gasteiger partial charge on any atom is -0.394 e. The number of rotatable bonds is 34. The topological polar surface area (TPSA) is 307 Å². The third kappa shape index (κ3) is 22.8. The molecule has 19 nitrogen and oxygen atoms in total. The summed E-state index contributed by atoms with van der Waals surface area (Å²) in [6.45, 7) is 1.28. The summed E-state index contributed by atoms with van der Waals surface area (Å²) >= 11 is 0. The first-order valence-corrected chi connectivity index (χ1v) is 26.0. The maximum atomic E-state index is 13.1. The van der Waals surface area contributed by atoms with Crippen LogP contribution in [0, 0.1) is 0 Å². The molecule has 3 heterocycles. The molecule has 3 fully saturated rings. The van der Waals surface area contributed by atoms with E-state index in [0.29, 0.717) is 12.8 Å². The van der Waals surface area contributed by atoms with Crippen LogP contribution in [0.3, 0.4) is 0 Å². The number of hydrogen-bond acceptors (Lipinski definition) is 18. The van der Waals surface area contributed by atoms with Crippen LogP contribution in [-0.4, -0.2) is 193 Å². The Labute approximate surface area is 431 Å². The maximum Gasteiger partial charge on any atom is 0.220 e. The van der Waals surface area contributed by atoms with E-state index in [1.54, 1.807) is 6.08 Å². The fraction of sp³-hybridized carbons (Fsp3) is 0.685. The van der Waals surface area contributed by atoms with Crippen molar-refractivity contribution in [2.75, 3.05) is 26.4 Å². The molecule has 3 saturated heterocycles. The zero-order chi connectivity index (χ0) is 53.4. The molecule has 3 aliphatic heterocycles. The van der Waals surface area contributed by atoms with Crippen LogP contribution in [0.5, 0.6) is 0 Å². The van der Waals surface area contributed by atoms with Crippen LogP contribution in [0.1, 0.15) is 104 Å². The number of nitrogens with one attached hydrogen (secondary N) is 1. The molecule has 0 bridgehead atoms. The van der Waals surface area contributed by atoms with E-state index in [1.165, 1.54) is 6.08 Å². The molecule has 0 radical (unpaired) electrons. The highest BCUT2D eigenvalue weighted by Gasteiger charge is 2.53. The summed E-state index contributed by atoms with van der Waals surface area (Å²) in [6.07, 6.45) is 18.2. The number of aliphatic hydroxyl groups is 11. The third-order valence-corrected chi connectivity index (χ3v) is 12.4. The standard InChI is InChI=1S/C54H87NO18/c1-3-5-7-8-9-10-11-12-13-14-15-16-17-18-19-20-21-22-23-24-25-26-27-28-30-32-42(60)55-37(38(59)31-29-6-4-2)36-68-52-48(66)45(63)50(40(34-57)70-52)73-54-49(67)46(64)51(41(35-58)71-54)72-53-47(65)44(62)43(61)39(33-56)69-53/h5,7,9-10,12-13,15-16,18-19,21-22,24-25,29,31,37-41,43-54,56-59,61-67H,3-4,6,8,11,14,17,20,23,26-28,30,32-36H2,1-2H3,(H,55,60)/b7-5-,10-9-,13-12-,16-15-,19-18-,22-21-,25-24-,31-29+. The molecule has 3 aliphatic rings. The number of unbranched alkanes of at least 4 members (excludes halogenated alkanes) is 4. The second kappa shape index (κ2) is 37.5. The van der Waals surface area contributed by atoms with Crippen LogP contribution >= 0.6 is 0 Å². The van der Waals surface area contributed by atoms with Gasteiger partial charge in [0.1, 0.15) is 73.2 Å². The molecule has 17 unspecified atom stereocenters. The number of ether oxygens (including phenoxy) is 6. The first kappa shape index (κ1) is 64.0. The van der Waals surface area contributed by atoms with E-state index in [1.807, 2.05) is 6.92 Å². The van der Waals surface area contributed by atoms with E-state index in [0.717, 1.165) is 70.6 Å². The van der Waals surface area contributed by atoms with Gasteiger partial charge in [-0.2, -0.15) is 0 Å².